The number of rotatable bonds is 11. The fourth-order valence-electron chi connectivity index (χ4n) is 3.80. The maximum Gasteiger partial charge on any atom is 0.253 e. The number of anilines is 2. The average Bonchev–Trinajstić information content (AvgIpc) is 3.67. The smallest absolute Gasteiger partial charge is 0.253 e. The molecule has 0 radical (unpaired) electrons. The van der Waals surface area contributed by atoms with E-state index < -0.39 is 0 Å². The van der Waals surface area contributed by atoms with Gasteiger partial charge in [-0.05, 0) is 76.2 Å². The quantitative estimate of drug-likeness (QED) is 0.126. The Morgan fingerprint density at radius 1 is 0.667 bits per heavy atom. The number of hydrogen-bond donors (Lipinski definition) is 0. The minimum atomic E-state index is -0.110. The topological polar surface area (TPSA) is 116 Å². The molecule has 0 aliphatic carbocycles. The molecule has 2 heterocycles. The molecule has 214 valence electrons. The first-order valence-corrected chi connectivity index (χ1v) is 14.7. The second-order valence-corrected chi connectivity index (χ2v) is 11.1. The van der Waals surface area contributed by atoms with Gasteiger partial charge in [0.15, 0.2) is 0 Å². The molecule has 0 saturated carbocycles. The van der Waals surface area contributed by atoms with Crippen molar-refractivity contribution in [3.63, 3.8) is 0 Å². The number of nitrogens with zero attached hydrogens (tertiary/aromatic N) is 8. The van der Waals surface area contributed by atoms with Crippen molar-refractivity contribution in [3.8, 4) is 9.75 Å². The van der Waals surface area contributed by atoms with E-state index in [9.17, 15) is 9.59 Å². The first-order chi connectivity index (χ1) is 20.2. The lowest BCUT2D eigenvalue weighted by Crippen LogP contribution is -2.30. The number of benzene rings is 2. The van der Waals surface area contributed by atoms with Crippen molar-refractivity contribution in [2.45, 2.75) is 27.7 Å². The molecule has 2 aromatic heterocycles. The van der Waals surface area contributed by atoms with Crippen LogP contribution >= 0.6 is 22.7 Å². The summed E-state index contributed by atoms with van der Waals surface area (Å²) in [6.45, 7) is 15.8. The molecule has 4 rings (SSSR count). The molecule has 0 fully saturated rings. The van der Waals surface area contributed by atoms with Crippen molar-refractivity contribution in [1.82, 2.24) is 9.97 Å². The van der Waals surface area contributed by atoms with E-state index in [0.717, 1.165) is 21.1 Å². The van der Waals surface area contributed by atoms with Gasteiger partial charge in [-0.1, -0.05) is 35.8 Å². The molecule has 42 heavy (non-hydrogen) atoms. The largest absolute Gasteiger partial charge is 0.309 e. The van der Waals surface area contributed by atoms with Gasteiger partial charge in [0.2, 0.25) is 10.3 Å². The zero-order chi connectivity index (χ0) is 30.2. The third-order valence-corrected chi connectivity index (χ3v) is 7.87. The molecule has 0 N–H and O–H groups in total. The Kier molecular flexibility index (Phi) is 9.94. The minimum Gasteiger partial charge on any atom is -0.309 e. The van der Waals surface area contributed by atoms with Gasteiger partial charge in [0.05, 0.1) is 21.1 Å². The SMILES string of the molecule is C=C(C)C(=O)N(CC)c1ccc(N=Nc2ncc(-c3cnc(N=Nc4ccc(N(CC)C(=O)C(=C)C)cc4)s3)s2)cc1. The molecule has 0 atom stereocenters. The highest BCUT2D eigenvalue weighted by atomic mass is 32.1. The van der Waals surface area contributed by atoms with Gasteiger partial charge in [0, 0.05) is 48.0 Å². The zero-order valence-corrected chi connectivity index (χ0v) is 25.4. The van der Waals surface area contributed by atoms with Crippen LogP contribution in [-0.2, 0) is 9.59 Å². The van der Waals surface area contributed by atoms with Crippen molar-refractivity contribution in [2.24, 2.45) is 20.5 Å². The standard InChI is InChI=1S/C30H30N8O2S2/c1-7-37(27(39)19(3)4)23-13-9-21(10-14-23)33-35-29-31-17-25(41-29)26-18-32-30(42-26)36-34-22-11-15-24(16-12-22)38(8-2)28(40)20(5)6/h9-18H,3,5,7-8H2,1-2,4,6H3. The molecule has 0 bridgehead atoms. The number of carbonyl (C=O) groups excluding carboxylic acids is 2. The van der Waals surface area contributed by atoms with Crippen LogP contribution < -0.4 is 9.80 Å². The molecule has 2 amide bonds. The van der Waals surface area contributed by atoms with Gasteiger partial charge < -0.3 is 9.80 Å². The molecule has 4 aromatic rings. The second-order valence-electron chi connectivity index (χ2n) is 9.11. The van der Waals surface area contributed by atoms with Gasteiger partial charge in [-0.25, -0.2) is 9.97 Å². The van der Waals surface area contributed by atoms with Crippen LogP contribution in [0.25, 0.3) is 9.75 Å². The summed E-state index contributed by atoms with van der Waals surface area (Å²) in [6.07, 6.45) is 3.45. The lowest BCUT2D eigenvalue weighted by molar-refractivity contribution is -0.115. The lowest BCUT2D eigenvalue weighted by Gasteiger charge is -2.21. The van der Waals surface area contributed by atoms with Gasteiger partial charge in [-0.15, -0.1) is 20.5 Å². The second kappa shape index (κ2) is 13.8. The number of thiazole rings is 2. The predicted molar refractivity (Wildman–Crippen MR) is 170 cm³/mol. The van der Waals surface area contributed by atoms with Crippen LogP contribution in [0, 0.1) is 0 Å². The fraction of sp³-hybridized carbons (Fsp3) is 0.200. The molecule has 0 saturated heterocycles. The summed E-state index contributed by atoms with van der Waals surface area (Å²) in [7, 11) is 0. The van der Waals surface area contributed by atoms with Gasteiger partial charge >= 0.3 is 0 Å². The monoisotopic (exact) mass is 598 g/mol. The Morgan fingerprint density at radius 2 is 1.02 bits per heavy atom. The van der Waals surface area contributed by atoms with Gasteiger partial charge in [-0.2, -0.15) is 0 Å². The molecular formula is C30H30N8O2S2. The van der Waals surface area contributed by atoms with E-state index in [1.54, 1.807) is 60.3 Å². The van der Waals surface area contributed by atoms with Gasteiger partial charge in [0.1, 0.15) is 0 Å². The van der Waals surface area contributed by atoms with E-state index in [0.29, 0.717) is 45.9 Å². The van der Waals surface area contributed by atoms with E-state index in [1.807, 2.05) is 38.1 Å². The normalized spacial score (nSPS) is 11.2. The van der Waals surface area contributed by atoms with Crippen LogP contribution in [0.1, 0.15) is 27.7 Å². The van der Waals surface area contributed by atoms with Crippen LogP contribution in [0.5, 0.6) is 0 Å². The van der Waals surface area contributed by atoms with Crippen LogP contribution in [0.2, 0.25) is 0 Å². The Hall–Kier alpha value is -4.68. The van der Waals surface area contributed by atoms with Crippen LogP contribution in [0.4, 0.5) is 33.0 Å². The van der Waals surface area contributed by atoms with Crippen molar-refractivity contribution in [3.05, 3.63) is 85.2 Å². The van der Waals surface area contributed by atoms with Gasteiger partial charge in [0.25, 0.3) is 11.8 Å². The minimum absolute atomic E-state index is 0.110. The Balaban J connectivity index is 1.38. The summed E-state index contributed by atoms with van der Waals surface area (Å²) in [5.41, 5.74) is 3.81. The highest BCUT2D eigenvalue weighted by molar-refractivity contribution is 7.25. The number of hydrogen-bond acceptors (Lipinski definition) is 10. The molecular weight excluding hydrogens is 569 g/mol. The van der Waals surface area contributed by atoms with E-state index in [1.165, 1.54) is 22.7 Å². The van der Waals surface area contributed by atoms with E-state index in [-0.39, 0.29) is 11.8 Å². The predicted octanol–water partition coefficient (Wildman–Crippen LogP) is 8.96. The number of carbonyl (C=O) groups is 2. The highest BCUT2D eigenvalue weighted by Gasteiger charge is 2.15. The van der Waals surface area contributed by atoms with E-state index >= 15 is 0 Å². The van der Waals surface area contributed by atoms with Crippen LogP contribution in [-0.4, -0.2) is 34.9 Å². The molecule has 2 aromatic carbocycles. The highest BCUT2D eigenvalue weighted by Crippen LogP contribution is 2.37. The molecule has 0 aliphatic rings. The van der Waals surface area contributed by atoms with E-state index in [2.05, 4.69) is 43.6 Å². The molecule has 0 unspecified atom stereocenters. The molecule has 12 heteroatoms. The van der Waals surface area contributed by atoms with Crippen molar-refractivity contribution in [1.29, 1.82) is 0 Å². The third kappa shape index (κ3) is 7.33. The molecule has 0 aliphatic heterocycles. The maximum absolute atomic E-state index is 12.3. The van der Waals surface area contributed by atoms with Crippen molar-refractivity contribution in [2.75, 3.05) is 22.9 Å². The first kappa shape index (κ1) is 30.3. The number of azo groups is 2. The summed E-state index contributed by atoms with van der Waals surface area (Å²) < 4.78 is 0. The van der Waals surface area contributed by atoms with E-state index in [4.69, 9.17) is 0 Å². The number of aromatic nitrogens is 2. The van der Waals surface area contributed by atoms with Crippen LogP contribution in [0.3, 0.4) is 0 Å². The summed E-state index contributed by atoms with van der Waals surface area (Å²) in [4.78, 5) is 38.4. The third-order valence-electron chi connectivity index (χ3n) is 5.91. The zero-order valence-electron chi connectivity index (χ0n) is 23.8. The summed E-state index contributed by atoms with van der Waals surface area (Å²) in [5, 5.41) is 18.1. The summed E-state index contributed by atoms with van der Waals surface area (Å²) in [5.74, 6) is -0.221. The molecule has 10 nitrogen and oxygen atoms in total. The average molecular weight is 599 g/mol. The summed E-state index contributed by atoms with van der Waals surface area (Å²) >= 11 is 2.78. The maximum atomic E-state index is 12.3. The Labute approximate surface area is 252 Å². The van der Waals surface area contributed by atoms with Crippen LogP contribution in [0.15, 0.2) is 106 Å². The molecule has 0 spiro atoms. The number of likely N-dealkylation sites (N-methyl/N-ethyl adjacent to an activating group) is 2. The Bertz CT molecular complexity index is 1530. The number of amides is 2. The fourth-order valence-corrected chi connectivity index (χ4v) is 5.33. The van der Waals surface area contributed by atoms with Crippen molar-refractivity contribution < 1.29 is 9.59 Å². The summed E-state index contributed by atoms with van der Waals surface area (Å²) in [6, 6.07) is 14.5. The Morgan fingerprint density at radius 3 is 1.33 bits per heavy atom. The first-order valence-electron chi connectivity index (χ1n) is 13.1. The lowest BCUT2D eigenvalue weighted by atomic mass is 10.2. The van der Waals surface area contributed by atoms with Crippen molar-refractivity contribution >= 4 is 67.5 Å². The van der Waals surface area contributed by atoms with Gasteiger partial charge in [-0.3, -0.25) is 9.59 Å².